The predicted molar refractivity (Wildman–Crippen MR) is 62.5 cm³/mol. The first-order valence-electron chi connectivity index (χ1n) is 5.91. The Kier molecular flexibility index (Phi) is 5.32. The molecule has 0 bridgehead atoms. The van der Waals surface area contributed by atoms with Gasteiger partial charge in [0, 0.05) is 6.04 Å². The minimum Gasteiger partial charge on any atom is -0.394 e. The van der Waals surface area contributed by atoms with E-state index in [1.807, 2.05) is 6.92 Å². The summed E-state index contributed by atoms with van der Waals surface area (Å²) >= 11 is 0. The lowest BCUT2D eigenvalue weighted by Crippen LogP contribution is -2.57. The van der Waals surface area contributed by atoms with Gasteiger partial charge in [-0.25, -0.2) is 0 Å². The minimum absolute atomic E-state index is 0.0121. The lowest BCUT2D eigenvalue weighted by molar-refractivity contribution is -0.128. The molecule has 0 radical (unpaired) electrons. The molecule has 6 nitrogen and oxygen atoms in total. The van der Waals surface area contributed by atoms with E-state index in [0.29, 0.717) is 19.6 Å². The highest BCUT2D eigenvalue weighted by Crippen LogP contribution is 2.16. The Hall–Kier alpha value is -0.690. The van der Waals surface area contributed by atoms with Crippen LogP contribution in [0, 0.1) is 5.92 Å². The number of ether oxygens (including phenoxy) is 1. The van der Waals surface area contributed by atoms with Crippen molar-refractivity contribution in [3.05, 3.63) is 0 Å². The molecule has 2 atom stereocenters. The topological polar surface area (TPSA) is 90.8 Å². The Labute approximate surface area is 101 Å². The fourth-order valence-corrected chi connectivity index (χ4v) is 1.89. The lowest BCUT2D eigenvalue weighted by atomic mass is 9.95. The largest absolute Gasteiger partial charge is 0.394 e. The highest BCUT2D eigenvalue weighted by atomic mass is 16.5. The molecule has 1 saturated heterocycles. The lowest BCUT2D eigenvalue weighted by Gasteiger charge is -2.31. The minimum atomic E-state index is -0.933. The van der Waals surface area contributed by atoms with Gasteiger partial charge in [0.1, 0.15) is 0 Å². The third-order valence-electron chi connectivity index (χ3n) is 3.46. The molecule has 1 aliphatic rings. The van der Waals surface area contributed by atoms with E-state index < -0.39 is 5.54 Å². The maximum atomic E-state index is 12.1. The third-order valence-corrected chi connectivity index (χ3v) is 3.46. The number of carbonyl (C=O) groups excluding carboxylic acids is 1. The van der Waals surface area contributed by atoms with Crippen LogP contribution in [0.25, 0.3) is 0 Å². The molecule has 1 aliphatic heterocycles. The number of likely N-dealkylation sites (N-methyl/N-ethyl adjacent to an activating group) is 1. The van der Waals surface area contributed by atoms with Crippen LogP contribution in [0.2, 0.25) is 0 Å². The summed E-state index contributed by atoms with van der Waals surface area (Å²) in [7, 11) is 1.78. The second-order valence-electron chi connectivity index (χ2n) is 4.48. The summed E-state index contributed by atoms with van der Waals surface area (Å²) in [6.07, 6.45) is 0.476. The molecule has 0 spiro atoms. The Morgan fingerprint density at radius 2 is 2.06 bits per heavy atom. The van der Waals surface area contributed by atoms with Crippen molar-refractivity contribution in [3.8, 4) is 0 Å². The summed E-state index contributed by atoms with van der Waals surface area (Å²) in [5, 5.41) is 24.3. The van der Waals surface area contributed by atoms with Gasteiger partial charge in [0.15, 0.2) is 0 Å². The van der Waals surface area contributed by atoms with Crippen molar-refractivity contribution < 1.29 is 19.7 Å². The molecule has 2 unspecified atom stereocenters. The maximum absolute atomic E-state index is 12.1. The Morgan fingerprint density at radius 1 is 1.41 bits per heavy atom. The highest BCUT2D eigenvalue weighted by Gasteiger charge is 2.37. The third kappa shape index (κ3) is 3.16. The summed E-state index contributed by atoms with van der Waals surface area (Å²) in [5.41, 5.74) is -0.933. The van der Waals surface area contributed by atoms with Gasteiger partial charge in [-0.2, -0.15) is 0 Å². The molecular weight excluding hydrogens is 224 g/mol. The first kappa shape index (κ1) is 14.4. The van der Waals surface area contributed by atoms with Gasteiger partial charge in [0.25, 0.3) is 0 Å². The smallest absolute Gasteiger partial charge is 0.227 e. The Balaban J connectivity index is 2.64. The summed E-state index contributed by atoms with van der Waals surface area (Å²) in [6.45, 7) is 2.14. The fraction of sp³-hybridized carbons (Fsp3) is 0.909. The zero-order valence-electron chi connectivity index (χ0n) is 10.4. The van der Waals surface area contributed by atoms with Crippen LogP contribution in [0.5, 0.6) is 0 Å². The molecule has 0 aliphatic carbocycles. The molecule has 1 rings (SSSR count). The summed E-state index contributed by atoms with van der Waals surface area (Å²) in [5.74, 6) is -0.462. The molecule has 6 heteroatoms. The van der Waals surface area contributed by atoms with Crippen molar-refractivity contribution >= 4 is 5.91 Å². The molecule has 0 aromatic heterocycles. The van der Waals surface area contributed by atoms with Gasteiger partial charge in [0.05, 0.1) is 37.9 Å². The van der Waals surface area contributed by atoms with E-state index >= 15 is 0 Å². The van der Waals surface area contributed by atoms with Crippen molar-refractivity contribution in [2.45, 2.75) is 24.9 Å². The van der Waals surface area contributed by atoms with Crippen LogP contribution >= 0.6 is 0 Å². The quantitative estimate of drug-likeness (QED) is 0.456. The second kappa shape index (κ2) is 6.30. The van der Waals surface area contributed by atoms with E-state index in [-0.39, 0.29) is 31.1 Å². The monoisotopic (exact) mass is 246 g/mol. The van der Waals surface area contributed by atoms with Crippen molar-refractivity contribution in [1.29, 1.82) is 0 Å². The van der Waals surface area contributed by atoms with Gasteiger partial charge >= 0.3 is 0 Å². The molecule has 100 valence electrons. The average molecular weight is 246 g/mol. The zero-order valence-corrected chi connectivity index (χ0v) is 10.4. The predicted octanol–water partition coefficient (Wildman–Crippen LogP) is -1.53. The summed E-state index contributed by atoms with van der Waals surface area (Å²) in [4.78, 5) is 12.1. The molecule has 1 amide bonds. The first-order chi connectivity index (χ1) is 8.12. The SMILES string of the molecule is CCC(CO)(CO)NC(=O)C1COCC1NC. The van der Waals surface area contributed by atoms with E-state index in [1.54, 1.807) is 7.05 Å². The number of hydrogen-bond acceptors (Lipinski definition) is 5. The maximum Gasteiger partial charge on any atom is 0.227 e. The molecular formula is C11H22N2O4. The number of nitrogens with one attached hydrogen (secondary N) is 2. The Bertz CT molecular complexity index is 248. The van der Waals surface area contributed by atoms with Crippen molar-refractivity contribution in [2.75, 3.05) is 33.5 Å². The van der Waals surface area contributed by atoms with Crippen LogP contribution in [0.1, 0.15) is 13.3 Å². The van der Waals surface area contributed by atoms with Crippen LogP contribution < -0.4 is 10.6 Å². The van der Waals surface area contributed by atoms with Gasteiger partial charge in [-0.1, -0.05) is 6.92 Å². The van der Waals surface area contributed by atoms with E-state index in [9.17, 15) is 15.0 Å². The molecule has 17 heavy (non-hydrogen) atoms. The summed E-state index contributed by atoms with van der Waals surface area (Å²) in [6, 6.07) is -0.0121. The number of amides is 1. The van der Waals surface area contributed by atoms with Crippen molar-refractivity contribution in [3.63, 3.8) is 0 Å². The van der Waals surface area contributed by atoms with Crippen LogP contribution in [0.3, 0.4) is 0 Å². The van der Waals surface area contributed by atoms with E-state index in [2.05, 4.69) is 10.6 Å². The van der Waals surface area contributed by atoms with Crippen LogP contribution in [-0.2, 0) is 9.53 Å². The standard InChI is InChI=1S/C11H22N2O4/c1-3-11(6-14,7-15)13-10(16)8-4-17-5-9(8)12-2/h8-9,12,14-15H,3-7H2,1-2H3,(H,13,16). The van der Waals surface area contributed by atoms with Crippen LogP contribution in [0.4, 0.5) is 0 Å². The molecule has 1 heterocycles. The van der Waals surface area contributed by atoms with Gasteiger partial charge in [-0.3, -0.25) is 4.79 Å². The number of aliphatic hydroxyl groups is 2. The highest BCUT2D eigenvalue weighted by molar-refractivity contribution is 5.80. The molecule has 4 N–H and O–H groups in total. The van der Waals surface area contributed by atoms with E-state index in [4.69, 9.17) is 4.74 Å². The van der Waals surface area contributed by atoms with Gasteiger partial charge in [-0.05, 0) is 13.5 Å². The fourth-order valence-electron chi connectivity index (χ4n) is 1.89. The number of hydrogen-bond donors (Lipinski definition) is 4. The van der Waals surface area contributed by atoms with Gasteiger partial charge in [-0.15, -0.1) is 0 Å². The second-order valence-corrected chi connectivity index (χ2v) is 4.48. The normalized spacial score (nSPS) is 24.9. The van der Waals surface area contributed by atoms with Gasteiger partial charge in [0.2, 0.25) is 5.91 Å². The number of carbonyl (C=O) groups is 1. The van der Waals surface area contributed by atoms with Gasteiger partial charge < -0.3 is 25.6 Å². The molecule has 0 aromatic carbocycles. The molecule has 0 saturated carbocycles. The molecule has 1 fully saturated rings. The molecule has 0 aromatic rings. The average Bonchev–Trinajstić information content (AvgIpc) is 2.84. The van der Waals surface area contributed by atoms with E-state index in [0.717, 1.165) is 0 Å². The zero-order chi connectivity index (χ0) is 12.9. The summed E-state index contributed by atoms with van der Waals surface area (Å²) < 4.78 is 5.25. The number of aliphatic hydroxyl groups excluding tert-OH is 2. The van der Waals surface area contributed by atoms with Crippen LogP contribution in [0.15, 0.2) is 0 Å². The van der Waals surface area contributed by atoms with Crippen molar-refractivity contribution in [2.24, 2.45) is 5.92 Å². The van der Waals surface area contributed by atoms with Crippen molar-refractivity contribution in [1.82, 2.24) is 10.6 Å². The van der Waals surface area contributed by atoms with E-state index in [1.165, 1.54) is 0 Å². The van der Waals surface area contributed by atoms with Crippen LogP contribution in [-0.4, -0.2) is 61.2 Å². The Morgan fingerprint density at radius 3 is 2.53 bits per heavy atom. The first-order valence-corrected chi connectivity index (χ1v) is 5.91. The number of rotatable bonds is 6.